The predicted molar refractivity (Wildman–Crippen MR) is 263 cm³/mol. The van der Waals surface area contributed by atoms with Crippen molar-refractivity contribution in [3.8, 4) is 23.0 Å². The maximum absolute atomic E-state index is 6.28. The molecule has 6 nitrogen and oxygen atoms in total. The zero-order valence-corrected chi connectivity index (χ0v) is 36.7. The lowest BCUT2D eigenvalue weighted by atomic mass is 9.78. The van der Waals surface area contributed by atoms with Crippen molar-refractivity contribution in [1.82, 2.24) is 9.97 Å². The van der Waals surface area contributed by atoms with Crippen LogP contribution in [0.5, 0.6) is 23.0 Å². The average Bonchev–Trinajstić information content (AvgIpc) is 3.90. The predicted octanol–water partition coefficient (Wildman–Crippen LogP) is 15.3. The van der Waals surface area contributed by atoms with Gasteiger partial charge in [-0.2, -0.15) is 0 Å². The Morgan fingerprint density at radius 2 is 0.794 bits per heavy atom. The molecule has 0 aliphatic rings. The Hall–Kier alpha value is -7.44. The molecule has 2 heterocycles. The molecule has 63 heavy (non-hydrogen) atoms. The molecule has 0 unspecified atom stereocenters. The second kappa shape index (κ2) is 16.1. The SMILES string of the molecule is Cc1cc(CNc2ccc(Oc3ccc(C(C)(C)c4ccc(Oc5ccc(NCc6cc(C)c7[nH]c8ccccc8c7c6C)cc5)cc4)cc3)cc2)c(C)c2c1[nH]c1ccccc12. The van der Waals surface area contributed by atoms with Crippen LogP contribution in [-0.4, -0.2) is 9.97 Å². The minimum atomic E-state index is -0.219. The van der Waals surface area contributed by atoms with Gasteiger partial charge in [0.15, 0.2) is 0 Å². The normalized spacial score (nSPS) is 11.8. The van der Waals surface area contributed by atoms with E-state index in [0.29, 0.717) is 0 Å². The van der Waals surface area contributed by atoms with E-state index in [1.807, 2.05) is 24.3 Å². The van der Waals surface area contributed by atoms with Crippen LogP contribution < -0.4 is 20.1 Å². The number of rotatable bonds is 12. The smallest absolute Gasteiger partial charge is 0.127 e. The fourth-order valence-electron chi connectivity index (χ4n) is 9.22. The number of ether oxygens (including phenoxy) is 2. The Bertz CT molecular complexity index is 3050. The molecule has 0 fully saturated rings. The van der Waals surface area contributed by atoms with Crippen molar-refractivity contribution in [3.05, 3.63) is 202 Å². The molecule has 0 spiro atoms. The summed E-state index contributed by atoms with van der Waals surface area (Å²) >= 11 is 0. The number of fused-ring (bicyclic) bond motifs is 6. The summed E-state index contributed by atoms with van der Waals surface area (Å²) in [5.74, 6) is 3.20. The summed E-state index contributed by atoms with van der Waals surface area (Å²) in [5.41, 5.74) is 16.8. The zero-order chi connectivity index (χ0) is 43.2. The van der Waals surface area contributed by atoms with E-state index >= 15 is 0 Å². The highest BCUT2D eigenvalue weighted by molar-refractivity contribution is 6.11. The molecule has 312 valence electrons. The summed E-state index contributed by atoms with van der Waals surface area (Å²) in [5, 5.41) is 12.4. The van der Waals surface area contributed by atoms with Gasteiger partial charge in [-0.25, -0.2) is 0 Å². The molecule has 0 saturated carbocycles. The first-order valence-electron chi connectivity index (χ1n) is 21.8. The highest BCUT2D eigenvalue weighted by Crippen LogP contribution is 2.37. The van der Waals surface area contributed by atoms with Crippen molar-refractivity contribution in [2.75, 3.05) is 10.6 Å². The maximum atomic E-state index is 6.28. The van der Waals surface area contributed by atoms with Gasteiger partial charge in [0.05, 0.1) is 0 Å². The number of aromatic nitrogens is 2. The van der Waals surface area contributed by atoms with Crippen LogP contribution in [0.1, 0.15) is 58.4 Å². The Kier molecular flexibility index (Phi) is 10.1. The second-order valence-electron chi connectivity index (χ2n) is 17.4. The number of hydrogen-bond donors (Lipinski definition) is 4. The number of hydrogen-bond acceptors (Lipinski definition) is 4. The van der Waals surface area contributed by atoms with Gasteiger partial charge in [0.2, 0.25) is 0 Å². The van der Waals surface area contributed by atoms with Crippen molar-refractivity contribution in [2.45, 2.75) is 60.0 Å². The lowest BCUT2D eigenvalue weighted by Crippen LogP contribution is -2.18. The van der Waals surface area contributed by atoms with Crippen LogP contribution in [0.15, 0.2) is 158 Å². The Balaban J connectivity index is 0.734. The van der Waals surface area contributed by atoms with Crippen molar-refractivity contribution in [3.63, 3.8) is 0 Å². The summed E-state index contributed by atoms with van der Waals surface area (Å²) in [4.78, 5) is 7.23. The molecule has 4 N–H and O–H groups in total. The average molecular weight is 825 g/mol. The lowest BCUT2D eigenvalue weighted by Gasteiger charge is -2.26. The van der Waals surface area contributed by atoms with E-state index in [9.17, 15) is 0 Å². The molecular weight excluding hydrogens is 773 g/mol. The number of anilines is 2. The minimum Gasteiger partial charge on any atom is -0.457 e. The first-order valence-corrected chi connectivity index (χ1v) is 21.8. The molecule has 6 heteroatoms. The molecule has 0 aliphatic carbocycles. The quantitative estimate of drug-likeness (QED) is 0.0990. The van der Waals surface area contributed by atoms with Gasteiger partial charge in [-0.1, -0.05) is 86.6 Å². The lowest BCUT2D eigenvalue weighted by molar-refractivity contribution is 0.481. The van der Waals surface area contributed by atoms with Crippen LogP contribution in [0.25, 0.3) is 43.6 Å². The highest BCUT2D eigenvalue weighted by Gasteiger charge is 2.23. The van der Waals surface area contributed by atoms with E-state index in [1.165, 1.54) is 88.1 Å². The molecule has 0 radical (unpaired) electrons. The fourth-order valence-corrected chi connectivity index (χ4v) is 9.22. The number of para-hydroxylation sites is 2. The van der Waals surface area contributed by atoms with E-state index in [1.54, 1.807) is 0 Å². The Morgan fingerprint density at radius 1 is 0.444 bits per heavy atom. The highest BCUT2D eigenvalue weighted by atomic mass is 16.5. The fraction of sp³-hybridized carbons (Fsp3) is 0.158. The van der Waals surface area contributed by atoms with Gasteiger partial charge < -0.3 is 30.1 Å². The van der Waals surface area contributed by atoms with Crippen LogP contribution >= 0.6 is 0 Å². The van der Waals surface area contributed by atoms with Crippen LogP contribution in [0.4, 0.5) is 11.4 Å². The second-order valence-corrected chi connectivity index (χ2v) is 17.4. The van der Waals surface area contributed by atoms with Crippen LogP contribution in [0, 0.1) is 27.7 Å². The molecule has 2 aromatic heterocycles. The standard InChI is InChI=1S/C57H52N4O2/c1-35-31-39(37(3)53-49-11-7-9-13-51(49)60-55(35)53)33-58-43-19-27-47(28-20-43)62-45-23-15-41(16-24-45)57(5,6)42-17-25-46(26-18-42)63-48-29-21-44(22-30-48)59-34-40-32-36(2)56-54(38(40)4)50-12-8-10-14-52(50)61-56/h7-32,58-61H,33-34H2,1-6H3. The van der Waals surface area contributed by atoms with Crippen molar-refractivity contribution in [1.29, 1.82) is 0 Å². The van der Waals surface area contributed by atoms with Crippen LogP contribution in [0.3, 0.4) is 0 Å². The van der Waals surface area contributed by atoms with E-state index in [-0.39, 0.29) is 5.41 Å². The number of benzene rings is 8. The Morgan fingerprint density at radius 3 is 1.17 bits per heavy atom. The molecule has 0 atom stereocenters. The third-order valence-electron chi connectivity index (χ3n) is 13.0. The van der Waals surface area contributed by atoms with E-state index in [4.69, 9.17) is 9.47 Å². The molecule has 10 aromatic rings. The van der Waals surface area contributed by atoms with Crippen molar-refractivity contribution < 1.29 is 9.47 Å². The number of aryl methyl sites for hydroxylation is 4. The summed E-state index contributed by atoms with van der Waals surface area (Å²) in [6.45, 7) is 14.8. The Labute approximate surface area is 368 Å². The number of aromatic amines is 2. The maximum Gasteiger partial charge on any atom is 0.127 e. The third-order valence-corrected chi connectivity index (χ3v) is 13.0. The molecule has 0 aliphatic heterocycles. The molecule has 10 rings (SSSR count). The third kappa shape index (κ3) is 7.63. The van der Waals surface area contributed by atoms with E-state index in [2.05, 4.69) is 196 Å². The first kappa shape index (κ1) is 39.7. The summed E-state index contributed by atoms with van der Waals surface area (Å²) < 4.78 is 12.6. The minimum absolute atomic E-state index is 0.219. The van der Waals surface area contributed by atoms with Gasteiger partial charge in [0, 0.05) is 73.5 Å². The van der Waals surface area contributed by atoms with Crippen molar-refractivity contribution in [2.24, 2.45) is 0 Å². The first-order chi connectivity index (χ1) is 30.6. The molecular formula is C57H52N4O2. The summed E-state index contributed by atoms with van der Waals surface area (Å²) in [7, 11) is 0. The monoisotopic (exact) mass is 824 g/mol. The topological polar surface area (TPSA) is 74.1 Å². The van der Waals surface area contributed by atoms with E-state index in [0.717, 1.165) is 47.5 Å². The zero-order valence-electron chi connectivity index (χ0n) is 36.7. The van der Waals surface area contributed by atoms with Gasteiger partial charge in [-0.15, -0.1) is 0 Å². The van der Waals surface area contributed by atoms with Gasteiger partial charge in [0.1, 0.15) is 23.0 Å². The van der Waals surface area contributed by atoms with Gasteiger partial charge in [0.25, 0.3) is 0 Å². The number of nitrogens with one attached hydrogen (secondary N) is 4. The van der Waals surface area contributed by atoms with E-state index < -0.39 is 0 Å². The van der Waals surface area contributed by atoms with Gasteiger partial charge >= 0.3 is 0 Å². The summed E-state index contributed by atoms with van der Waals surface area (Å²) in [6, 6.07) is 54.9. The summed E-state index contributed by atoms with van der Waals surface area (Å²) in [6.07, 6.45) is 0. The molecule has 0 bridgehead atoms. The molecule has 0 amide bonds. The largest absolute Gasteiger partial charge is 0.457 e. The molecule has 0 saturated heterocycles. The number of H-pyrrole nitrogens is 2. The van der Waals surface area contributed by atoms with Crippen LogP contribution in [0.2, 0.25) is 0 Å². The van der Waals surface area contributed by atoms with Crippen molar-refractivity contribution >= 4 is 55.0 Å². The van der Waals surface area contributed by atoms with Gasteiger partial charge in [-0.05, 0) is 157 Å². The molecule has 8 aromatic carbocycles. The van der Waals surface area contributed by atoms with Gasteiger partial charge in [-0.3, -0.25) is 0 Å². The van der Waals surface area contributed by atoms with Crippen LogP contribution in [-0.2, 0) is 18.5 Å².